The average molecular weight is 220 g/mol. The first-order chi connectivity index (χ1) is 7.63. The highest BCUT2D eigenvalue weighted by molar-refractivity contribution is 5.30. The summed E-state index contributed by atoms with van der Waals surface area (Å²) in [7, 11) is 0. The van der Waals surface area contributed by atoms with Gasteiger partial charge in [-0.25, -0.2) is 0 Å². The Kier molecular flexibility index (Phi) is 3.53. The molecule has 16 heavy (non-hydrogen) atoms. The molecule has 0 unspecified atom stereocenters. The van der Waals surface area contributed by atoms with Gasteiger partial charge in [0.25, 0.3) is 0 Å². The van der Waals surface area contributed by atoms with Crippen LogP contribution >= 0.6 is 0 Å². The first-order valence-electron chi connectivity index (χ1n) is 6.61. The summed E-state index contributed by atoms with van der Waals surface area (Å²) in [5, 5.41) is 9.14. The van der Waals surface area contributed by atoms with E-state index in [4.69, 9.17) is 5.11 Å². The summed E-state index contributed by atoms with van der Waals surface area (Å²) >= 11 is 0. The van der Waals surface area contributed by atoms with E-state index in [1.807, 2.05) is 6.92 Å². The summed E-state index contributed by atoms with van der Waals surface area (Å²) in [6.07, 6.45) is 7.60. The van der Waals surface area contributed by atoms with E-state index in [0.717, 1.165) is 17.4 Å². The van der Waals surface area contributed by atoms with Gasteiger partial charge >= 0.3 is 0 Å². The zero-order chi connectivity index (χ0) is 11.7. The molecule has 0 aliphatic heterocycles. The van der Waals surface area contributed by atoms with E-state index in [9.17, 15) is 0 Å². The number of hydrogen-bond donors (Lipinski definition) is 1. The summed E-state index contributed by atoms with van der Waals surface area (Å²) in [5.41, 5.74) is 4.47. The molecule has 0 bridgehead atoms. The van der Waals surface area contributed by atoms with Gasteiger partial charge < -0.3 is 5.11 Å². The van der Waals surface area contributed by atoms with Crippen LogP contribution in [0.15, 0.2) is 22.8 Å². The van der Waals surface area contributed by atoms with Crippen LogP contribution in [0, 0.1) is 17.8 Å². The second-order valence-corrected chi connectivity index (χ2v) is 5.71. The van der Waals surface area contributed by atoms with Crippen LogP contribution in [0.5, 0.6) is 0 Å². The molecule has 2 rings (SSSR count). The van der Waals surface area contributed by atoms with Crippen molar-refractivity contribution < 1.29 is 5.11 Å². The maximum atomic E-state index is 9.14. The van der Waals surface area contributed by atoms with Gasteiger partial charge in [-0.2, -0.15) is 0 Å². The van der Waals surface area contributed by atoms with Gasteiger partial charge in [-0.05, 0) is 57.3 Å². The van der Waals surface area contributed by atoms with Crippen LogP contribution in [0.3, 0.4) is 0 Å². The third-order valence-electron chi connectivity index (χ3n) is 4.48. The van der Waals surface area contributed by atoms with Gasteiger partial charge in [-0.3, -0.25) is 0 Å². The quantitative estimate of drug-likeness (QED) is 0.704. The maximum absolute atomic E-state index is 9.14. The van der Waals surface area contributed by atoms with E-state index in [0.29, 0.717) is 5.92 Å². The van der Waals surface area contributed by atoms with Crippen LogP contribution in [-0.4, -0.2) is 11.7 Å². The molecule has 1 N–H and O–H groups in total. The minimum Gasteiger partial charge on any atom is -0.392 e. The maximum Gasteiger partial charge on any atom is 0.0639 e. The summed E-state index contributed by atoms with van der Waals surface area (Å²) in [6, 6.07) is 0. The van der Waals surface area contributed by atoms with Crippen molar-refractivity contribution in [1.82, 2.24) is 0 Å². The molecule has 0 aromatic carbocycles. The molecule has 0 radical (unpaired) electrons. The Morgan fingerprint density at radius 2 is 2.12 bits per heavy atom. The monoisotopic (exact) mass is 220 g/mol. The highest BCUT2D eigenvalue weighted by atomic mass is 16.3. The molecule has 0 aromatic rings. The third-order valence-corrected chi connectivity index (χ3v) is 4.48. The van der Waals surface area contributed by atoms with E-state index in [1.165, 1.54) is 25.7 Å². The van der Waals surface area contributed by atoms with E-state index in [-0.39, 0.29) is 6.61 Å². The van der Waals surface area contributed by atoms with Crippen LogP contribution in [0.4, 0.5) is 0 Å². The van der Waals surface area contributed by atoms with Crippen molar-refractivity contribution in [3.05, 3.63) is 22.8 Å². The van der Waals surface area contributed by atoms with E-state index >= 15 is 0 Å². The molecule has 0 spiro atoms. The fourth-order valence-electron chi connectivity index (χ4n) is 3.54. The molecule has 0 amide bonds. The molecule has 2 aliphatic carbocycles. The Morgan fingerprint density at radius 3 is 2.81 bits per heavy atom. The van der Waals surface area contributed by atoms with Crippen LogP contribution in [0.2, 0.25) is 0 Å². The summed E-state index contributed by atoms with van der Waals surface area (Å²) < 4.78 is 0. The molecular formula is C15H24O. The normalized spacial score (nSPS) is 35.5. The highest BCUT2D eigenvalue weighted by Crippen LogP contribution is 2.48. The Balaban J connectivity index is 2.24. The second kappa shape index (κ2) is 4.75. The smallest absolute Gasteiger partial charge is 0.0639 e. The minimum atomic E-state index is 0.211. The van der Waals surface area contributed by atoms with Crippen molar-refractivity contribution in [3.63, 3.8) is 0 Å². The average Bonchev–Trinajstić information content (AvgIpc) is 2.66. The molecule has 1 heteroatoms. The lowest BCUT2D eigenvalue weighted by atomic mass is 9.71. The van der Waals surface area contributed by atoms with Gasteiger partial charge in [0.15, 0.2) is 0 Å². The van der Waals surface area contributed by atoms with Crippen molar-refractivity contribution in [2.45, 2.75) is 46.5 Å². The van der Waals surface area contributed by atoms with Crippen LogP contribution in [-0.2, 0) is 0 Å². The molecule has 3 atom stereocenters. The van der Waals surface area contributed by atoms with Crippen molar-refractivity contribution in [3.8, 4) is 0 Å². The third kappa shape index (κ3) is 2.10. The number of rotatable bonds is 2. The molecule has 1 fully saturated rings. The molecular weight excluding hydrogens is 196 g/mol. The predicted octanol–water partition coefficient (Wildman–Crippen LogP) is 3.70. The predicted molar refractivity (Wildman–Crippen MR) is 68.2 cm³/mol. The fraction of sp³-hybridized carbons (Fsp3) is 0.733. The molecule has 1 nitrogen and oxygen atoms in total. The largest absolute Gasteiger partial charge is 0.392 e. The first-order valence-corrected chi connectivity index (χ1v) is 6.61. The zero-order valence-corrected chi connectivity index (χ0v) is 10.8. The highest BCUT2D eigenvalue weighted by Gasteiger charge is 2.35. The molecule has 0 aromatic heterocycles. The molecule has 1 saturated carbocycles. The number of aliphatic hydroxyl groups is 1. The standard InChI is InChI=1S/C15H24O/c1-10(9-16)8-13-6-4-11(2)14-7-5-12(3)15(13)14/h8,11,13-14,16H,4-7,9H2,1-3H3/b10-8-/t11-,13+,14-/m1/s1. The number of hydrogen-bond acceptors (Lipinski definition) is 1. The Hall–Kier alpha value is -0.560. The minimum absolute atomic E-state index is 0.211. The topological polar surface area (TPSA) is 20.2 Å². The summed E-state index contributed by atoms with van der Waals surface area (Å²) in [6.45, 7) is 6.96. The van der Waals surface area contributed by atoms with Crippen molar-refractivity contribution in [1.29, 1.82) is 0 Å². The Bertz CT molecular complexity index is 324. The Morgan fingerprint density at radius 1 is 1.38 bits per heavy atom. The van der Waals surface area contributed by atoms with Gasteiger partial charge in [-0.15, -0.1) is 0 Å². The summed E-state index contributed by atoms with van der Waals surface area (Å²) in [4.78, 5) is 0. The van der Waals surface area contributed by atoms with Crippen LogP contribution in [0.1, 0.15) is 46.5 Å². The molecule has 0 saturated heterocycles. The van der Waals surface area contributed by atoms with Crippen molar-refractivity contribution in [2.24, 2.45) is 17.8 Å². The SMILES string of the molecule is CC1=C2[C@H](/C=C(/C)CO)CC[C@@H](C)[C@H]2CC1. The van der Waals surface area contributed by atoms with Crippen molar-refractivity contribution >= 4 is 0 Å². The molecule has 0 heterocycles. The van der Waals surface area contributed by atoms with E-state index in [1.54, 1.807) is 11.1 Å². The zero-order valence-electron chi connectivity index (χ0n) is 10.8. The molecule has 90 valence electrons. The van der Waals surface area contributed by atoms with Crippen LogP contribution in [0.25, 0.3) is 0 Å². The van der Waals surface area contributed by atoms with Gasteiger partial charge in [0.1, 0.15) is 0 Å². The van der Waals surface area contributed by atoms with Gasteiger partial charge in [-0.1, -0.05) is 29.7 Å². The van der Waals surface area contributed by atoms with E-state index in [2.05, 4.69) is 19.9 Å². The van der Waals surface area contributed by atoms with Gasteiger partial charge in [0.05, 0.1) is 6.61 Å². The number of aliphatic hydroxyl groups excluding tert-OH is 1. The molecule has 2 aliphatic rings. The van der Waals surface area contributed by atoms with Gasteiger partial charge in [0.2, 0.25) is 0 Å². The summed E-state index contributed by atoms with van der Waals surface area (Å²) in [5.74, 6) is 2.32. The van der Waals surface area contributed by atoms with Gasteiger partial charge in [0, 0.05) is 0 Å². The van der Waals surface area contributed by atoms with Crippen molar-refractivity contribution in [2.75, 3.05) is 6.61 Å². The number of allylic oxidation sites excluding steroid dienone is 3. The lowest BCUT2D eigenvalue weighted by Crippen LogP contribution is -2.23. The first kappa shape index (κ1) is 11.9. The van der Waals surface area contributed by atoms with Crippen LogP contribution < -0.4 is 0 Å². The lowest BCUT2D eigenvalue weighted by molar-refractivity contribution is 0.296. The Labute approximate surface area is 99.3 Å². The number of fused-ring (bicyclic) bond motifs is 1. The van der Waals surface area contributed by atoms with E-state index < -0.39 is 0 Å². The fourth-order valence-corrected chi connectivity index (χ4v) is 3.54. The second-order valence-electron chi connectivity index (χ2n) is 5.71. The lowest BCUT2D eigenvalue weighted by Gasteiger charge is -2.34.